The Bertz CT molecular complexity index is 1980. The van der Waals surface area contributed by atoms with E-state index in [9.17, 15) is 5.26 Å². The molecule has 2 aliphatic heterocycles. The lowest BCUT2D eigenvalue weighted by Crippen LogP contribution is -2.47. The molecule has 2 fully saturated rings. The minimum Gasteiger partial charge on any atom is -0.381 e. The maximum Gasteiger partial charge on any atom is 0.154 e. The fraction of sp³-hybridized carbons (Fsp3) is 0.512. The summed E-state index contributed by atoms with van der Waals surface area (Å²) in [5, 5.41) is 10.8. The number of methoxy groups -OCH3 is 2. The van der Waals surface area contributed by atoms with E-state index in [0.717, 1.165) is 102 Å². The number of hydrogen-bond acceptors (Lipinski definition) is 9. The fourth-order valence-electron chi connectivity index (χ4n) is 11.0. The first-order valence-electron chi connectivity index (χ1n) is 19.1. The maximum atomic E-state index is 9.31. The summed E-state index contributed by atoms with van der Waals surface area (Å²) in [5.41, 5.74) is 21.1. The molecule has 2 heterocycles. The number of aliphatic imine (C=N–C) groups is 2. The second-order valence-corrected chi connectivity index (χ2v) is 19.1. The van der Waals surface area contributed by atoms with Crippen molar-refractivity contribution in [2.75, 3.05) is 25.7 Å². The lowest BCUT2D eigenvalue weighted by Gasteiger charge is -2.49. The number of nitriles is 1. The van der Waals surface area contributed by atoms with Gasteiger partial charge in [-0.05, 0) is 141 Å². The molecule has 3 aromatic carbocycles. The van der Waals surface area contributed by atoms with Crippen molar-refractivity contribution in [3.8, 4) is 17.2 Å². The van der Waals surface area contributed by atoms with E-state index < -0.39 is 0 Å². The van der Waals surface area contributed by atoms with Crippen molar-refractivity contribution < 1.29 is 9.47 Å². The van der Waals surface area contributed by atoms with Crippen LogP contribution in [0, 0.1) is 22.2 Å². The van der Waals surface area contributed by atoms with E-state index >= 15 is 0 Å². The smallest absolute Gasteiger partial charge is 0.154 e. The number of halogens is 1. The Kier molecular flexibility index (Phi) is 10.3. The van der Waals surface area contributed by atoms with Gasteiger partial charge in [-0.1, -0.05) is 69.8 Å². The van der Waals surface area contributed by atoms with Crippen LogP contribution >= 0.6 is 39.5 Å². The molecule has 4 N–H and O–H groups in total. The fourth-order valence-corrected chi connectivity index (χ4v) is 13.0. The zero-order valence-corrected chi connectivity index (χ0v) is 34.1. The van der Waals surface area contributed by atoms with Gasteiger partial charge in [0.05, 0.1) is 34.9 Å². The van der Waals surface area contributed by atoms with Crippen LogP contribution in [-0.4, -0.2) is 48.3 Å². The average Bonchev–Trinajstić information content (AvgIpc) is 3.56. The number of nitrogens with two attached hydrogens (primary N) is 2. The molecule has 6 aliphatic rings. The number of ether oxygens (including phenoxy) is 2. The molecular formula is C43H50BrN5O2S2. The topological polar surface area (TPSA) is 119 Å². The van der Waals surface area contributed by atoms with Gasteiger partial charge in [0, 0.05) is 41.0 Å². The Morgan fingerprint density at radius 2 is 1.21 bits per heavy atom. The SMILES string of the molecule is COC1CCC2(CC1)Cc1ccc(-c3cccc(C#N)c3)cc1C21CCSC(N)=N1.COC1CCC2(CC1)Cc1ccc(Br)cc1C21CCSC(N)=N1. The monoisotopic (exact) mass is 811 g/mol. The van der Waals surface area contributed by atoms with Gasteiger partial charge >= 0.3 is 0 Å². The molecule has 0 bridgehead atoms. The van der Waals surface area contributed by atoms with Crippen LogP contribution in [0.1, 0.15) is 92.0 Å². The van der Waals surface area contributed by atoms with Crippen molar-refractivity contribution in [1.82, 2.24) is 0 Å². The van der Waals surface area contributed by atoms with Crippen LogP contribution in [0.3, 0.4) is 0 Å². The molecule has 0 saturated heterocycles. The van der Waals surface area contributed by atoms with Crippen molar-refractivity contribution in [3.05, 3.63) is 93.0 Å². The number of fused-ring (bicyclic) bond motifs is 6. The standard InChI is InChI=1S/C25H27N3OS.C18H23BrN2OS/c1-29-21-7-9-24(10-8-21)15-20-6-5-19(18-4-2-3-17(13-18)16-26)14-22(20)25(24)11-12-30-23(27)28-25;1-22-14-4-6-17(7-5-14)11-12-2-3-13(19)10-15(12)18(17)8-9-23-16(20)21-18/h2-6,13-14,21H,7-12,15H2,1H3,(H2,27,28);2-3,10,14H,4-9,11H2,1H3,(H2,20,21). The van der Waals surface area contributed by atoms with Crippen LogP contribution in [0.2, 0.25) is 0 Å². The van der Waals surface area contributed by atoms with Crippen LogP contribution in [0.4, 0.5) is 0 Å². The van der Waals surface area contributed by atoms with Crippen molar-refractivity contribution in [1.29, 1.82) is 5.26 Å². The minimum absolute atomic E-state index is 0.125. The second kappa shape index (κ2) is 14.7. The summed E-state index contributed by atoms with van der Waals surface area (Å²) in [6.07, 6.45) is 14.2. The molecule has 7 nitrogen and oxygen atoms in total. The Morgan fingerprint density at radius 3 is 1.72 bits per heavy atom. The number of benzene rings is 3. The second-order valence-electron chi connectivity index (χ2n) is 16.0. The van der Waals surface area contributed by atoms with Crippen LogP contribution in [0.5, 0.6) is 0 Å². The van der Waals surface area contributed by atoms with Gasteiger partial charge < -0.3 is 20.9 Å². The number of thioether (sulfide) groups is 2. The summed E-state index contributed by atoms with van der Waals surface area (Å²) in [4.78, 5) is 10.3. The quantitative estimate of drug-likeness (QED) is 0.271. The van der Waals surface area contributed by atoms with Crippen molar-refractivity contribution in [3.63, 3.8) is 0 Å². The van der Waals surface area contributed by atoms with E-state index in [-0.39, 0.29) is 21.9 Å². The number of hydrogen-bond donors (Lipinski definition) is 2. The van der Waals surface area contributed by atoms with E-state index in [1.807, 2.05) is 32.4 Å². The molecule has 4 aliphatic carbocycles. The summed E-state index contributed by atoms with van der Waals surface area (Å²) in [7, 11) is 3.67. The van der Waals surface area contributed by atoms with E-state index in [4.69, 9.17) is 30.9 Å². The van der Waals surface area contributed by atoms with Crippen LogP contribution < -0.4 is 11.5 Å². The van der Waals surface area contributed by atoms with Gasteiger partial charge in [-0.25, -0.2) is 0 Å². The molecule has 9 rings (SSSR count). The summed E-state index contributed by atoms with van der Waals surface area (Å²) in [6, 6.07) is 23.7. The van der Waals surface area contributed by atoms with Gasteiger partial charge in [-0.2, -0.15) is 5.26 Å². The highest BCUT2D eigenvalue weighted by Crippen LogP contribution is 2.64. The summed E-state index contributed by atoms with van der Waals surface area (Å²) < 4.78 is 12.4. The van der Waals surface area contributed by atoms with Gasteiger partial charge in [0.25, 0.3) is 0 Å². The summed E-state index contributed by atoms with van der Waals surface area (Å²) in [5.74, 6) is 2.08. The van der Waals surface area contributed by atoms with Gasteiger partial charge in [-0.3, -0.25) is 9.98 Å². The average molecular weight is 813 g/mol. The predicted molar refractivity (Wildman–Crippen MR) is 222 cm³/mol. The zero-order chi connectivity index (χ0) is 36.8. The zero-order valence-electron chi connectivity index (χ0n) is 30.8. The minimum atomic E-state index is -0.237. The Morgan fingerprint density at radius 1 is 0.698 bits per heavy atom. The molecule has 10 heteroatoms. The summed E-state index contributed by atoms with van der Waals surface area (Å²) >= 11 is 7.04. The predicted octanol–water partition coefficient (Wildman–Crippen LogP) is 9.23. The normalized spacial score (nSPS) is 32.8. The third-order valence-electron chi connectivity index (χ3n) is 13.7. The van der Waals surface area contributed by atoms with Gasteiger partial charge in [0.2, 0.25) is 0 Å². The van der Waals surface area contributed by atoms with E-state index in [2.05, 4.69) is 64.5 Å². The molecule has 2 atom stereocenters. The first kappa shape index (κ1) is 37.1. The summed E-state index contributed by atoms with van der Waals surface area (Å²) in [6.45, 7) is 0. The third kappa shape index (κ3) is 6.36. The molecule has 278 valence electrons. The first-order chi connectivity index (χ1) is 25.7. The van der Waals surface area contributed by atoms with Crippen LogP contribution in [0.25, 0.3) is 11.1 Å². The lowest BCUT2D eigenvalue weighted by atomic mass is 9.60. The van der Waals surface area contributed by atoms with Crippen molar-refractivity contribution >= 4 is 49.8 Å². The molecule has 0 radical (unpaired) electrons. The Labute approximate surface area is 331 Å². The highest BCUT2D eigenvalue weighted by atomic mass is 79.9. The van der Waals surface area contributed by atoms with Crippen molar-refractivity contribution in [2.45, 2.75) is 100 Å². The Hall–Kier alpha value is -2.81. The van der Waals surface area contributed by atoms with Gasteiger partial charge in [-0.15, -0.1) is 0 Å². The van der Waals surface area contributed by atoms with E-state index in [1.54, 1.807) is 23.5 Å². The molecule has 0 amide bonds. The van der Waals surface area contributed by atoms with E-state index in [0.29, 0.717) is 17.8 Å². The Balaban J connectivity index is 0.000000156. The first-order valence-corrected chi connectivity index (χ1v) is 21.9. The highest BCUT2D eigenvalue weighted by Gasteiger charge is 2.60. The molecule has 53 heavy (non-hydrogen) atoms. The van der Waals surface area contributed by atoms with Gasteiger partial charge in [0.1, 0.15) is 0 Å². The highest BCUT2D eigenvalue weighted by molar-refractivity contribution is 9.10. The maximum absolute atomic E-state index is 9.31. The number of rotatable bonds is 3. The molecule has 3 aromatic rings. The van der Waals surface area contributed by atoms with Crippen LogP contribution in [0.15, 0.2) is 75.1 Å². The lowest BCUT2D eigenvalue weighted by molar-refractivity contribution is -0.00439. The van der Waals surface area contributed by atoms with Crippen molar-refractivity contribution in [2.24, 2.45) is 32.3 Å². The largest absolute Gasteiger partial charge is 0.381 e. The molecule has 4 spiro atoms. The number of nitrogens with zero attached hydrogens (tertiary/aromatic N) is 3. The third-order valence-corrected chi connectivity index (χ3v) is 15.8. The molecule has 2 saturated carbocycles. The molecule has 2 unspecified atom stereocenters. The molecule has 0 aromatic heterocycles. The van der Waals surface area contributed by atoms with Crippen LogP contribution in [-0.2, 0) is 33.4 Å². The number of amidine groups is 2. The van der Waals surface area contributed by atoms with E-state index in [1.165, 1.54) is 35.1 Å². The molecular weight excluding hydrogens is 763 g/mol. The van der Waals surface area contributed by atoms with Gasteiger partial charge in [0.15, 0.2) is 10.3 Å².